The van der Waals surface area contributed by atoms with E-state index in [9.17, 15) is 13.2 Å². The summed E-state index contributed by atoms with van der Waals surface area (Å²) in [6.45, 7) is 1.28. The first-order chi connectivity index (χ1) is 15.3. The van der Waals surface area contributed by atoms with Gasteiger partial charge in [-0.05, 0) is 54.8 Å². The average molecular weight is 475 g/mol. The van der Waals surface area contributed by atoms with Crippen LogP contribution in [-0.4, -0.2) is 50.8 Å². The molecule has 1 aromatic heterocycles. The monoisotopic (exact) mass is 474 g/mol. The number of rotatable bonds is 10. The van der Waals surface area contributed by atoms with E-state index in [0.29, 0.717) is 31.0 Å². The van der Waals surface area contributed by atoms with Crippen molar-refractivity contribution >= 4 is 44.1 Å². The zero-order valence-corrected chi connectivity index (χ0v) is 19.7. The van der Waals surface area contributed by atoms with Gasteiger partial charge in [0.2, 0.25) is 15.9 Å². The van der Waals surface area contributed by atoms with Crippen LogP contribution in [0.4, 0.5) is 5.69 Å². The van der Waals surface area contributed by atoms with E-state index >= 15 is 0 Å². The maximum absolute atomic E-state index is 12.1. The normalized spacial score (nSPS) is 11.6. The van der Waals surface area contributed by atoms with Crippen molar-refractivity contribution in [2.75, 3.05) is 32.5 Å². The highest BCUT2D eigenvalue weighted by Gasteiger charge is 2.16. The SMILES string of the molecule is CN(C)S(=O)(=O)c1ccc(CCC(=O)NCCCNc2ccnc3cc(Cl)ccc23)cc1. The molecule has 0 aliphatic carbocycles. The van der Waals surface area contributed by atoms with Gasteiger partial charge in [0.25, 0.3) is 0 Å². The second-order valence-corrected chi connectivity index (χ2v) is 10.2. The third-order valence-corrected chi connectivity index (χ3v) is 7.10. The highest BCUT2D eigenvalue weighted by Crippen LogP contribution is 2.24. The molecule has 9 heteroatoms. The number of fused-ring (bicyclic) bond motifs is 1. The van der Waals surface area contributed by atoms with Gasteiger partial charge in [0.15, 0.2) is 0 Å². The standard InChI is InChI=1S/C23H27ClN4O3S/c1-28(2)32(30,31)19-8-4-17(5-9-19)6-11-23(29)27-14-3-13-25-21-12-15-26-22-16-18(24)7-10-20(21)22/h4-5,7-10,12,15-16H,3,6,11,13-14H2,1-2H3,(H,25,26)(H,27,29). The molecule has 2 N–H and O–H groups in total. The molecule has 0 saturated heterocycles. The molecule has 3 rings (SSSR count). The Hall–Kier alpha value is -2.68. The number of aromatic nitrogens is 1. The van der Waals surface area contributed by atoms with Crippen molar-refractivity contribution in [2.24, 2.45) is 0 Å². The van der Waals surface area contributed by atoms with Crippen LogP contribution in [0.2, 0.25) is 5.02 Å². The van der Waals surface area contributed by atoms with E-state index in [4.69, 9.17) is 11.6 Å². The Morgan fingerprint density at radius 2 is 1.81 bits per heavy atom. The van der Waals surface area contributed by atoms with E-state index in [2.05, 4.69) is 15.6 Å². The number of hydrogen-bond acceptors (Lipinski definition) is 5. The first kappa shape index (κ1) is 24.0. The van der Waals surface area contributed by atoms with Crippen LogP contribution in [0, 0.1) is 0 Å². The molecule has 0 unspecified atom stereocenters. The van der Waals surface area contributed by atoms with Crippen LogP contribution in [0.5, 0.6) is 0 Å². The molecule has 7 nitrogen and oxygen atoms in total. The molecular weight excluding hydrogens is 448 g/mol. The van der Waals surface area contributed by atoms with Crippen LogP contribution in [0.1, 0.15) is 18.4 Å². The number of sulfonamides is 1. The number of benzene rings is 2. The molecule has 0 saturated carbocycles. The van der Waals surface area contributed by atoms with Crippen LogP contribution in [0.15, 0.2) is 59.6 Å². The van der Waals surface area contributed by atoms with Gasteiger partial charge < -0.3 is 10.6 Å². The average Bonchev–Trinajstić information content (AvgIpc) is 2.77. The van der Waals surface area contributed by atoms with E-state index in [1.165, 1.54) is 18.4 Å². The smallest absolute Gasteiger partial charge is 0.242 e. The Labute approximate surface area is 193 Å². The van der Waals surface area contributed by atoms with E-state index in [0.717, 1.165) is 28.6 Å². The van der Waals surface area contributed by atoms with Crippen LogP contribution in [0.25, 0.3) is 10.9 Å². The van der Waals surface area contributed by atoms with Gasteiger partial charge in [-0.3, -0.25) is 9.78 Å². The first-order valence-corrected chi connectivity index (χ1v) is 12.2. The molecule has 1 amide bonds. The Morgan fingerprint density at radius 1 is 1.06 bits per heavy atom. The summed E-state index contributed by atoms with van der Waals surface area (Å²) >= 11 is 6.02. The Morgan fingerprint density at radius 3 is 2.53 bits per heavy atom. The van der Waals surface area contributed by atoms with Crippen LogP contribution in [-0.2, 0) is 21.2 Å². The van der Waals surface area contributed by atoms with E-state index < -0.39 is 10.0 Å². The van der Waals surface area contributed by atoms with Gasteiger partial charge in [0.05, 0.1) is 10.4 Å². The molecule has 2 aromatic carbocycles. The summed E-state index contributed by atoms with van der Waals surface area (Å²) in [4.78, 5) is 16.7. The fourth-order valence-electron chi connectivity index (χ4n) is 3.20. The zero-order chi connectivity index (χ0) is 23.1. The fourth-order valence-corrected chi connectivity index (χ4v) is 4.27. The lowest BCUT2D eigenvalue weighted by Gasteiger charge is -2.12. The molecule has 1 heterocycles. The second-order valence-electron chi connectivity index (χ2n) is 7.58. The molecule has 0 radical (unpaired) electrons. The maximum atomic E-state index is 12.1. The molecule has 0 aliphatic rings. The van der Waals surface area contributed by atoms with Crippen molar-refractivity contribution in [3.05, 3.63) is 65.3 Å². The van der Waals surface area contributed by atoms with Crippen LogP contribution < -0.4 is 10.6 Å². The van der Waals surface area contributed by atoms with Crippen molar-refractivity contribution in [1.29, 1.82) is 0 Å². The second kappa shape index (κ2) is 10.8. The van der Waals surface area contributed by atoms with Gasteiger partial charge in [-0.15, -0.1) is 0 Å². The van der Waals surface area contributed by atoms with Gasteiger partial charge in [0, 0.05) is 55.9 Å². The van der Waals surface area contributed by atoms with Gasteiger partial charge in [-0.25, -0.2) is 12.7 Å². The molecule has 170 valence electrons. The molecular formula is C23H27ClN4O3S. The summed E-state index contributed by atoms with van der Waals surface area (Å²) in [6.07, 6.45) is 3.42. The Kier molecular flexibility index (Phi) is 8.06. The van der Waals surface area contributed by atoms with Crippen molar-refractivity contribution in [1.82, 2.24) is 14.6 Å². The summed E-state index contributed by atoms with van der Waals surface area (Å²) < 4.78 is 25.4. The lowest BCUT2D eigenvalue weighted by atomic mass is 10.1. The largest absolute Gasteiger partial charge is 0.384 e. The minimum absolute atomic E-state index is 0.0287. The predicted molar refractivity (Wildman–Crippen MR) is 129 cm³/mol. The number of halogens is 1. The number of nitrogens with one attached hydrogen (secondary N) is 2. The van der Waals surface area contributed by atoms with Gasteiger partial charge >= 0.3 is 0 Å². The van der Waals surface area contributed by atoms with Crippen molar-refractivity contribution in [3.8, 4) is 0 Å². The molecule has 3 aromatic rings. The van der Waals surface area contributed by atoms with Gasteiger partial charge in [-0.2, -0.15) is 0 Å². The lowest BCUT2D eigenvalue weighted by molar-refractivity contribution is -0.121. The molecule has 0 fully saturated rings. The summed E-state index contributed by atoms with van der Waals surface area (Å²) in [7, 11) is -0.441. The van der Waals surface area contributed by atoms with Crippen molar-refractivity contribution in [3.63, 3.8) is 0 Å². The third kappa shape index (κ3) is 6.18. The van der Waals surface area contributed by atoms with Crippen LogP contribution in [0.3, 0.4) is 0 Å². The van der Waals surface area contributed by atoms with E-state index in [1.807, 2.05) is 24.3 Å². The van der Waals surface area contributed by atoms with Gasteiger partial charge in [0.1, 0.15) is 0 Å². The summed E-state index contributed by atoms with van der Waals surface area (Å²) in [6, 6.07) is 14.2. The number of aryl methyl sites for hydroxylation is 1. The number of nitrogens with zero attached hydrogens (tertiary/aromatic N) is 2. The minimum Gasteiger partial charge on any atom is -0.384 e. The molecule has 0 spiro atoms. The fraction of sp³-hybridized carbons (Fsp3) is 0.304. The summed E-state index contributed by atoms with van der Waals surface area (Å²) in [5.41, 5.74) is 2.74. The lowest BCUT2D eigenvalue weighted by Crippen LogP contribution is -2.26. The number of hydrogen-bond donors (Lipinski definition) is 2. The number of carbonyl (C=O) groups excluding carboxylic acids is 1. The summed E-state index contributed by atoms with van der Waals surface area (Å²) in [5, 5.41) is 7.96. The predicted octanol–water partition coefficient (Wildman–Crippen LogP) is 3.69. The minimum atomic E-state index is -3.44. The Balaban J connectivity index is 1.39. The van der Waals surface area contributed by atoms with E-state index in [1.54, 1.807) is 30.5 Å². The van der Waals surface area contributed by atoms with Crippen molar-refractivity contribution in [2.45, 2.75) is 24.2 Å². The number of anilines is 1. The molecule has 0 atom stereocenters. The van der Waals surface area contributed by atoms with Crippen LogP contribution >= 0.6 is 11.6 Å². The first-order valence-electron chi connectivity index (χ1n) is 10.3. The van der Waals surface area contributed by atoms with Crippen molar-refractivity contribution < 1.29 is 13.2 Å². The summed E-state index contributed by atoms with van der Waals surface area (Å²) in [5.74, 6) is -0.0287. The molecule has 0 aliphatic heterocycles. The molecule has 32 heavy (non-hydrogen) atoms. The highest BCUT2D eigenvalue weighted by atomic mass is 35.5. The maximum Gasteiger partial charge on any atom is 0.242 e. The number of carbonyl (C=O) groups is 1. The Bertz CT molecular complexity index is 1180. The number of pyridine rings is 1. The number of amides is 1. The highest BCUT2D eigenvalue weighted by molar-refractivity contribution is 7.89. The topological polar surface area (TPSA) is 91.4 Å². The van der Waals surface area contributed by atoms with E-state index in [-0.39, 0.29) is 10.8 Å². The zero-order valence-electron chi connectivity index (χ0n) is 18.1. The molecule has 0 bridgehead atoms. The third-order valence-electron chi connectivity index (χ3n) is 5.04. The quantitative estimate of drug-likeness (QED) is 0.437. The van der Waals surface area contributed by atoms with Gasteiger partial charge in [-0.1, -0.05) is 23.7 Å².